The van der Waals surface area contributed by atoms with Gasteiger partial charge in [-0.15, -0.1) is 11.3 Å². The van der Waals surface area contributed by atoms with Gasteiger partial charge in [0.2, 0.25) is 0 Å². The summed E-state index contributed by atoms with van der Waals surface area (Å²) in [6, 6.07) is 2.10. The van der Waals surface area contributed by atoms with Crippen LogP contribution in [-0.2, 0) is 6.54 Å². The number of halogens is 1. The fraction of sp³-hybridized carbons (Fsp3) is 0.444. The highest BCUT2D eigenvalue weighted by atomic mass is 79.9. The highest BCUT2D eigenvalue weighted by Gasteiger charge is 2.03. The molecule has 1 heterocycles. The molecule has 1 aromatic heterocycles. The van der Waals surface area contributed by atoms with Crippen LogP contribution in [0.2, 0.25) is 0 Å². The van der Waals surface area contributed by atoms with E-state index in [9.17, 15) is 0 Å². The molecule has 0 amide bonds. The van der Waals surface area contributed by atoms with Gasteiger partial charge in [0.1, 0.15) is 5.84 Å². The molecular weight excluding hydrogens is 278 g/mol. The Morgan fingerprint density at radius 1 is 1.73 bits per heavy atom. The lowest BCUT2D eigenvalue weighted by Crippen LogP contribution is -2.24. The average molecular weight is 292 g/mol. The van der Waals surface area contributed by atoms with Crippen molar-refractivity contribution in [3.63, 3.8) is 0 Å². The Morgan fingerprint density at radius 3 is 3.00 bits per heavy atom. The number of nitrogens with two attached hydrogens (primary N) is 1. The van der Waals surface area contributed by atoms with Gasteiger partial charge in [-0.1, -0.05) is 5.16 Å². The molecule has 0 spiro atoms. The molecule has 0 saturated heterocycles. The third-order valence-electron chi connectivity index (χ3n) is 1.93. The zero-order valence-electron chi connectivity index (χ0n) is 8.48. The number of nitrogens with zero attached hydrogens (tertiary/aromatic N) is 2. The van der Waals surface area contributed by atoms with Crippen LogP contribution in [0.5, 0.6) is 0 Å². The third-order valence-corrected chi connectivity index (χ3v) is 3.61. The zero-order chi connectivity index (χ0) is 11.3. The van der Waals surface area contributed by atoms with Crippen molar-refractivity contribution in [2.45, 2.75) is 13.0 Å². The Morgan fingerprint density at radius 2 is 2.47 bits per heavy atom. The van der Waals surface area contributed by atoms with E-state index < -0.39 is 0 Å². The van der Waals surface area contributed by atoms with E-state index in [4.69, 9.17) is 10.9 Å². The number of amidine groups is 1. The van der Waals surface area contributed by atoms with E-state index in [0.717, 1.165) is 17.6 Å². The second-order valence-corrected chi connectivity index (χ2v) is 5.22. The van der Waals surface area contributed by atoms with Gasteiger partial charge in [-0.25, -0.2) is 0 Å². The third kappa shape index (κ3) is 4.63. The molecule has 4 nitrogen and oxygen atoms in total. The normalized spacial score (nSPS) is 12.3. The average Bonchev–Trinajstić information content (AvgIpc) is 2.60. The first-order valence-corrected chi connectivity index (χ1v) is 6.17. The number of thiophene rings is 1. The van der Waals surface area contributed by atoms with E-state index in [2.05, 4.69) is 37.4 Å². The largest absolute Gasteiger partial charge is 0.409 e. The molecule has 0 aromatic carbocycles. The SMILES string of the molecule is CN(CCC(N)=NO)Cc1cc(Br)cs1. The second kappa shape index (κ2) is 6.09. The van der Waals surface area contributed by atoms with Crippen molar-refractivity contribution in [3.05, 3.63) is 20.8 Å². The monoisotopic (exact) mass is 291 g/mol. The summed E-state index contributed by atoms with van der Waals surface area (Å²) in [5.41, 5.74) is 5.39. The molecule has 15 heavy (non-hydrogen) atoms. The number of rotatable bonds is 5. The Balaban J connectivity index is 2.33. The first-order valence-electron chi connectivity index (χ1n) is 4.49. The molecule has 0 saturated carbocycles. The van der Waals surface area contributed by atoms with Crippen LogP contribution >= 0.6 is 27.3 Å². The van der Waals surface area contributed by atoms with E-state index in [1.54, 1.807) is 11.3 Å². The van der Waals surface area contributed by atoms with Crippen LogP contribution in [0.1, 0.15) is 11.3 Å². The van der Waals surface area contributed by atoms with Gasteiger partial charge in [0, 0.05) is 34.2 Å². The van der Waals surface area contributed by atoms with Crippen molar-refractivity contribution in [1.29, 1.82) is 0 Å². The zero-order valence-corrected chi connectivity index (χ0v) is 10.9. The molecule has 3 N–H and O–H groups in total. The van der Waals surface area contributed by atoms with E-state index in [0.29, 0.717) is 6.42 Å². The van der Waals surface area contributed by atoms with Crippen molar-refractivity contribution < 1.29 is 5.21 Å². The maximum atomic E-state index is 8.38. The quantitative estimate of drug-likeness (QED) is 0.378. The molecule has 84 valence electrons. The molecule has 0 bridgehead atoms. The second-order valence-electron chi connectivity index (χ2n) is 3.31. The fourth-order valence-corrected chi connectivity index (χ4v) is 2.67. The van der Waals surface area contributed by atoms with E-state index in [-0.39, 0.29) is 5.84 Å². The van der Waals surface area contributed by atoms with E-state index in [1.165, 1.54) is 4.88 Å². The summed E-state index contributed by atoms with van der Waals surface area (Å²) in [5.74, 6) is 0.272. The number of hydrogen-bond donors (Lipinski definition) is 2. The summed E-state index contributed by atoms with van der Waals surface area (Å²) in [5, 5.41) is 13.4. The van der Waals surface area contributed by atoms with Gasteiger partial charge in [-0.3, -0.25) is 0 Å². The molecule has 0 aliphatic heterocycles. The Labute approximate surface area is 102 Å². The minimum atomic E-state index is 0.272. The molecule has 0 fully saturated rings. The molecule has 6 heteroatoms. The van der Waals surface area contributed by atoms with Crippen LogP contribution in [0.4, 0.5) is 0 Å². The lowest BCUT2D eigenvalue weighted by Gasteiger charge is -2.14. The lowest BCUT2D eigenvalue weighted by atomic mass is 10.3. The van der Waals surface area contributed by atoms with Crippen molar-refractivity contribution in [3.8, 4) is 0 Å². The number of oxime groups is 1. The van der Waals surface area contributed by atoms with Crippen LogP contribution in [0, 0.1) is 0 Å². The maximum Gasteiger partial charge on any atom is 0.140 e. The topological polar surface area (TPSA) is 61.8 Å². The van der Waals surface area contributed by atoms with Gasteiger partial charge >= 0.3 is 0 Å². The van der Waals surface area contributed by atoms with Crippen LogP contribution in [0.15, 0.2) is 21.1 Å². The molecule has 0 radical (unpaired) electrons. The van der Waals surface area contributed by atoms with Gasteiger partial charge in [-0.05, 0) is 29.0 Å². The summed E-state index contributed by atoms with van der Waals surface area (Å²) in [7, 11) is 2.01. The highest BCUT2D eigenvalue weighted by molar-refractivity contribution is 9.10. The van der Waals surface area contributed by atoms with Gasteiger partial charge in [0.25, 0.3) is 0 Å². The van der Waals surface area contributed by atoms with Crippen molar-refractivity contribution in [2.24, 2.45) is 10.9 Å². The van der Waals surface area contributed by atoms with E-state index in [1.807, 2.05) is 7.05 Å². The first-order chi connectivity index (χ1) is 7.11. The fourth-order valence-electron chi connectivity index (χ4n) is 1.14. The summed E-state index contributed by atoms with van der Waals surface area (Å²) in [6.07, 6.45) is 0.583. The molecule has 0 atom stereocenters. The summed E-state index contributed by atoms with van der Waals surface area (Å²) < 4.78 is 1.12. The maximum absolute atomic E-state index is 8.38. The predicted molar refractivity (Wildman–Crippen MR) is 66.4 cm³/mol. The summed E-state index contributed by atoms with van der Waals surface area (Å²) in [6.45, 7) is 1.67. The van der Waals surface area contributed by atoms with Gasteiger partial charge < -0.3 is 15.8 Å². The standard InChI is InChI=1S/C9H14BrN3OS/c1-13(3-2-9(11)12-14)5-8-4-7(10)6-15-8/h4,6,14H,2-3,5H2,1H3,(H2,11,12). The highest BCUT2D eigenvalue weighted by Crippen LogP contribution is 2.20. The van der Waals surface area contributed by atoms with Crippen molar-refractivity contribution in [2.75, 3.05) is 13.6 Å². The van der Waals surface area contributed by atoms with E-state index >= 15 is 0 Å². The van der Waals surface area contributed by atoms with Crippen molar-refractivity contribution >= 4 is 33.1 Å². The van der Waals surface area contributed by atoms with Gasteiger partial charge in [-0.2, -0.15) is 0 Å². The molecule has 0 aliphatic rings. The van der Waals surface area contributed by atoms with Crippen molar-refractivity contribution in [1.82, 2.24) is 4.90 Å². The Kier molecular flexibility index (Phi) is 5.07. The first kappa shape index (κ1) is 12.5. The van der Waals surface area contributed by atoms with Crippen LogP contribution in [0.3, 0.4) is 0 Å². The minimum absolute atomic E-state index is 0.272. The molecule has 1 rings (SSSR count). The summed E-state index contributed by atoms with van der Waals surface area (Å²) >= 11 is 5.13. The molecule has 0 unspecified atom stereocenters. The minimum Gasteiger partial charge on any atom is -0.409 e. The van der Waals surface area contributed by atoms with Gasteiger partial charge in [0.15, 0.2) is 0 Å². The Bertz CT molecular complexity index is 340. The van der Waals surface area contributed by atoms with Crippen LogP contribution in [0.25, 0.3) is 0 Å². The number of hydrogen-bond acceptors (Lipinski definition) is 4. The van der Waals surface area contributed by atoms with Gasteiger partial charge in [0.05, 0.1) is 0 Å². The smallest absolute Gasteiger partial charge is 0.140 e. The molecule has 1 aromatic rings. The molecular formula is C9H14BrN3OS. The predicted octanol–water partition coefficient (Wildman–Crippen LogP) is 2.08. The molecule has 0 aliphatic carbocycles. The lowest BCUT2D eigenvalue weighted by molar-refractivity contribution is 0.310. The van der Waals surface area contributed by atoms with Crippen LogP contribution in [-0.4, -0.2) is 29.5 Å². The van der Waals surface area contributed by atoms with Crippen LogP contribution < -0.4 is 5.73 Å². The Hall–Kier alpha value is -0.590. The summed E-state index contributed by atoms with van der Waals surface area (Å²) in [4.78, 5) is 3.43.